The summed E-state index contributed by atoms with van der Waals surface area (Å²) < 4.78 is 0. The van der Waals surface area contributed by atoms with Crippen LogP contribution in [-0.4, -0.2) is 22.5 Å². The largest absolute Gasteiger partial charge is 0.478 e. The van der Waals surface area contributed by atoms with Crippen LogP contribution in [0.25, 0.3) is 10.8 Å². The average Bonchev–Trinajstić information content (AvgIpc) is 2.39. The third-order valence-electron chi connectivity index (χ3n) is 2.78. The maximum Gasteiger partial charge on any atom is 0.345 e. The fraction of sp³-hybridized carbons (Fsp3) is 0.154. The first kappa shape index (κ1) is 12.7. The van der Waals surface area contributed by atoms with E-state index in [1.54, 1.807) is 6.07 Å². The van der Waals surface area contributed by atoms with E-state index in [1.807, 2.05) is 36.4 Å². The van der Waals surface area contributed by atoms with E-state index >= 15 is 0 Å². The molecule has 0 bridgehead atoms. The fourth-order valence-corrected chi connectivity index (χ4v) is 1.95. The van der Waals surface area contributed by atoms with E-state index in [4.69, 9.17) is 10.8 Å². The van der Waals surface area contributed by atoms with Crippen LogP contribution in [0, 0.1) is 0 Å². The second-order valence-electron chi connectivity index (χ2n) is 4.09. The number of carbonyl (C=O) groups is 1. The summed E-state index contributed by atoms with van der Waals surface area (Å²) in [5.41, 5.74) is 4.89. The molecule has 2 aromatic carbocycles. The molecular formula is C13H14N2O2S. The first-order chi connectivity index (χ1) is 8.57. The van der Waals surface area contributed by atoms with Crippen LogP contribution >= 0.6 is 12.6 Å². The molecule has 0 saturated carbocycles. The molecule has 4 N–H and O–H groups in total. The van der Waals surface area contributed by atoms with E-state index in [2.05, 4.69) is 17.9 Å². The van der Waals surface area contributed by atoms with E-state index in [9.17, 15) is 4.79 Å². The van der Waals surface area contributed by atoms with Crippen molar-refractivity contribution in [3.05, 3.63) is 42.5 Å². The quantitative estimate of drug-likeness (QED) is 0.501. The van der Waals surface area contributed by atoms with Crippen molar-refractivity contribution in [1.29, 1.82) is 0 Å². The lowest BCUT2D eigenvalue weighted by Gasteiger charge is -2.26. The Bertz CT molecular complexity index is 583. The maximum absolute atomic E-state index is 11.2. The molecule has 1 atom stereocenters. The van der Waals surface area contributed by atoms with Gasteiger partial charge in [-0.2, -0.15) is 12.6 Å². The van der Waals surface area contributed by atoms with E-state index in [0.717, 1.165) is 10.8 Å². The van der Waals surface area contributed by atoms with Gasteiger partial charge in [0.15, 0.2) is 5.66 Å². The molecule has 0 aliphatic carbocycles. The summed E-state index contributed by atoms with van der Waals surface area (Å²) in [4.78, 5) is 11.2. The Morgan fingerprint density at radius 2 is 1.94 bits per heavy atom. The van der Waals surface area contributed by atoms with Crippen molar-refractivity contribution >= 4 is 35.1 Å². The highest BCUT2D eigenvalue weighted by molar-refractivity contribution is 7.80. The zero-order chi connectivity index (χ0) is 13.2. The Morgan fingerprint density at radius 1 is 1.28 bits per heavy atom. The lowest BCUT2D eigenvalue weighted by Crippen LogP contribution is -2.56. The van der Waals surface area contributed by atoms with Crippen LogP contribution < -0.4 is 11.1 Å². The van der Waals surface area contributed by atoms with E-state index < -0.39 is 11.6 Å². The van der Waals surface area contributed by atoms with Gasteiger partial charge >= 0.3 is 5.97 Å². The molecule has 2 rings (SSSR count). The summed E-state index contributed by atoms with van der Waals surface area (Å²) in [6, 6.07) is 13.3. The number of carboxylic acid groups (broad SMARTS) is 1. The van der Waals surface area contributed by atoms with Crippen molar-refractivity contribution in [2.45, 2.75) is 5.66 Å². The van der Waals surface area contributed by atoms with Gasteiger partial charge in [0.2, 0.25) is 0 Å². The van der Waals surface area contributed by atoms with Crippen LogP contribution in [0.4, 0.5) is 5.69 Å². The molecule has 0 spiro atoms. The number of hydrogen-bond donors (Lipinski definition) is 4. The minimum atomic E-state index is -1.58. The molecular weight excluding hydrogens is 248 g/mol. The predicted octanol–water partition coefficient (Wildman–Crippen LogP) is 1.92. The van der Waals surface area contributed by atoms with Crippen LogP contribution in [0.1, 0.15) is 0 Å². The molecule has 0 heterocycles. The molecule has 0 saturated heterocycles. The monoisotopic (exact) mass is 262 g/mol. The number of carboxylic acids is 1. The summed E-state index contributed by atoms with van der Waals surface area (Å²) in [6.07, 6.45) is 0. The first-order valence-electron chi connectivity index (χ1n) is 5.46. The SMILES string of the molecule is N[C@](CS)(Nc1cccc2ccccc12)C(=O)O. The Kier molecular flexibility index (Phi) is 3.45. The van der Waals surface area contributed by atoms with E-state index in [1.165, 1.54) is 0 Å². The van der Waals surface area contributed by atoms with Crippen LogP contribution in [0.15, 0.2) is 42.5 Å². The van der Waals surface area contributed by atoms with Gasteiger partial charge in [0.25, 0.3) is 0 Å². The standard InChI is InChI=1S/C13H14N2O2S/c14-13(8-18,12(16)17)15-11-7-3-5-9-4-1-2-6-10(9)11/h1-7,15,18H,8,14H2,(H,16,17)/t13-/m1/s1. The van der Waals surface area contributed by atoms with Crippen LogP contribution in [-0.2, 0) is 4.79 Å². The highest BCUT2D eigenvalue weighted by Gasteiger charge is 2.32. The zero-order valence-electron chi connectivity index (χ0n) is 9.63. The molecule has 4 nitrogen and oxygen atoms in total. The second kappa shape index (κ2) is 4.88. The van der Waals surface area contributed by atoms with Crippen molar-refractivity contribution in [3.63, 3.8) is 0 Å². The van der Waals surface area contributed by atoms with Crippen molar-refractivity contribution in [1.82, 2.24) is 0 Å². The van der Waals surface area contributed by atoms with Crippen molar-refractivity contribution < 1.29 is 9.90 Å². The third-order valence-corrected chi connectivity index (χ3v) is 3.28. The highest BCUT2D eigenvalue weighted by atomic mass is 32.1. The molecule has 0 fully saturated rings. The molecule has 0 unspecified atom stereocenters. The number of nitrogens with one attached hydrogen (secondary N) is 1. The smallest absolute Gasteiger partial charge is 0.345 e. The minimum absolute atomic E-state index is 0.00838. The van der Waals surface area contributed by atoms with Crippen LogP contribution in [0.2, 0.25) is 0 Å². The number of rotatable bonds is 4. The summed E-state index contributed by atoms with van der Waals surface area (Å²) in [5.74, 6) is -1.14. The average molecular weight is 262 g/mol. The number of hydrogen-bond acceptors (Lipinski definition) is 4. The van der Waals surface area contributed by atoms with Gasteiger partial charge in [-0.3, -0.25) is 5.73 Å². The molecule has 0 amide bonds. The van der Waals surface area contributed by atoms with Crippen LogP contribution in [0.3, 0.4) is 0 Å². The van der Waals surface area contributed by atoms with Crippen molar-refractivity contribution in [3.8, 4) is 0 Å². The highest BCUT2D eigenvalue weighted by Crippen LogP contribution is 2.25. The number of nitrogens with two attached hydrogens (primary N) is 1. The zero-order valence-corrected chi connectivity index (χ0v) is 10.5. The van der Waals surface area contributed by atoms with Gasteiger partial charge in [-0.05, 0) is 11.5 Å². The number of aliphatic carboxylic acids is 1. The molecule has 0 radical (unpaired) electrons. The van der Waals surface area contributed by atoms with Crippen molar-refractivity contribution in [2.75, 3.05) is 11.1 Å². The normalized spacial score (nSPS) is 14.1. The lowest BCUT2D eigenvalue weighted by molar-refractivity contribution is -0.141. The fourth-order valence-electron chi connectivity index (χ4n) is 1.74. The number of anilines is 1. The van der Waals surface area contributed by atoms with Crippen LogP contribution in [0.5, 0.6) is 0 Å². The number of fused-ring (bicyclic) bond motifs is 1. The Balaban J connectivity index is 2.46. The van der Waals surface area contributed by atoms with E-state index in [-0.39, 0.29) is 5.75 Å². The van der Waals surface area contributed by atoms with Gasteiger partial charge in [-0.15, -0.1) is 0 Å². The first-order valence-corrected chi connectivity index (χ1v) is 6.09. The number of benzene rings is 2. The van der Waals surface area contributed by atoms with Gasteiger partial charge in [0.05, 0.1) is 0 Å². The van der Waals surface area contributed by atoms with Gasteiger partial charge in [-0.25, -0.2) is 4.79 Å². The third kappa shape index (κ3) is 2.27. The lowest BCUT2D eigenvalue weighted by atomic mass is 10.1. The molecule has 5 heteroatoms. The Labute approximate surface area is 110 Å². The number of thiol groups is 1. The Morgan fingerprint density at radius 3 is 2.61 bits per heavy atom. The van der Waals surface area contributed by atoms with Gasteiger partial charge < -0.3 is 10.4 Å². The molecule has 18 heavy (non-hydrogen) atoms. The molecule has 94 valence electrons. The summed E-state index contributed by atoms with van der Waals surface area (Å²) in [5, 5.41) is 13.9. The maximum atomic E-state index is 11.2. The van der Waals surface area contributed by atoms with Gasteiger partial charge in [0.1, 0.15) is 0 Å². The van der Waals surface area contributed by atoms with Gasteiger partial charge in [-0.1, -0.05) is 36.4 Å². The molecule has 0 aromatic heterocycles. The summed E-state index contributed by atoms with van der Waals surface area (Å²) in [6.45, 7) is 0. The predicted molar refractivity (Wildman–Crippen MR) is 76.0 cm³/mol. The topological polar surface area (TPSA) is 75.3 Å². The summed E-state index contributed by atoms with van der Waals surface area (Å²) in [7, 11) is 0. The van der Waals surface area contributed by atoms with Gasteiger partial charge in [0, 0.05) is 16.8 Å². The Hall–Kier alpha value is -1.72. The second-order valence-corrected chi connectivity index (χ2v) is 4.40. The molecule has 0 aliphatic rings. The minimum Gasteiger partial charge on any atom is -0.478 e. The molecule has 0 aliphatic heterocycles. The molecule has 2 aromatic rings. The van der Waals surface area contributed by atoms with Crippen molar-refractivity contribution in [2.24, 2.45) is 5.73 Å². The summed E-state index contributed by atoms with van der Waals surface area (Å²) >= 11 is 4.00. The van der Waals surface area contributed by atoms with E-state index in [0.29, 0.717) is 5.69 Å².